The molecule has 1 aromatic carbocycles. The van der Waals surface area contributed by atoms with Gasteiger partial charge in [0.2, 0.25) is 10.0 Å². The molecule has 0 spiro atoms. The van der Waals surface area contributed by atoms with Crippen LogP contribution in [0.1, 0.15) is 31.1 Å². The first-order valence-corrected chi connectivity index (χ1v) is 9.53. The third-order valence-corrected chi connectivity index (χ3v) is 6.39. The molecule has 6 nitrogen and oxygen atoms in total. The van der Waals surface area contributed by atoms with Gasteiger partial charge in [-0.15, -0.1) is 0 Å². The third kappa shape index (κ3) is 2.35. The van der Waals surface area contributed by atoms with E-state index >= 15 is 0 Å². The fourth-order valence-electron chi connectivity index (χ4n) is 3.26. The van der Waals surface area contributed by atoms with Gasteiger partial charge >= 0.3 is 0 Å². The predicted octanol–water partition coefficient (Wildman–Crippen LogP) is 2.69. The Bertz CT molecular complexity index is 1000. The summed E-state index contributed by atoms with van der Waals surface area (Å²) in [4.78, 5) is 3.63. The molecule has 2 aromatic heterocycles. The number of hydrogen-bond donors (Lipinski definition) is 1. The lowest BCUT2D eigenvalue weighted by Gasteiger charge is -2.25. The summed E-state index contributed by atoms with van der Waals surface area (Å²) in [5, 5.41) is 5.35. The maximum absolute atomic E-state index is 12.9. The first-order chi connectivity index (χ1) is 11.5. The number of H-pyrrole nitrogens is 1. The molecular weight excluding hydrogens is 324 g/mol. The van der Waals surface area contributed by atoms with E-state index in [2.05, 4.69) is 16.1 Å². The van der Waals surface area contributed by atoms with E-state index in [1.54, 1.807) is 10.9 Å². The molecule has 3 heterocycles. The number of rotatable bonds is 3. The van der Waals surface area contributed by atoms with E-state index in [-0.39, 0.29) is 10.9 Å². The zero-order valence-corrected chi connectivity index (χ0v) is 14.5. The molecule has 0 saturated heterocycles. The lowest BCUT2D eigenvalue weighted by atomic mass is 10.1. The van der Waals surface area contributed by atoms with Crippen LogP contribution in [0, 0.1) is 0 Å². The number of nitrogens with zero attached hydrogens (tertiary/aromatic N) is 3. The van der Waals surface area contributed by atoms with E-state index in [0.29, 0.717) is 13.1 Å². The summed E-state index contributed by atoms with van der Waals surface area (Å²) >= 11 is 0. The van der Waals surface area contributed by atoms with Crippen LogP contribution in [-0.4, -0.2) is 34.0 Å². The third-order valence-electron chi connectivity index (χ3n) is 4.59. The van der Waals surface area contributed by atoms with Gasteiger partial charge in [0.05, 0.1) is 12.7 Å². The van der Waals surface area contributed by atoms with E-state index in [1.165, 1.54) is 21.5 Å². The quantitative estimate of drug-likeness (QED) is 0.794. The summed E-state index contributed by atoms with van der Waals surface area (Å²) in [6.45, 7) is 4.81. The van der Waals surface area contributed by atoms with Crippen LogP contribution in [0.2, 0.25) is 0 Å². The lowest BCUT2D eigenvalue weighted by Crippen LogP contribution is -2.35. The molecule has 0 saturated carbocycles. The Kier molecular flexibility index (Phi) is 3.51. The minimum absolute atomic E-state index is 0.135. The predicted molar refractivity (Wildman–Crippen MR) is 92.2 cm³/mol. The van der Waals surface area contributed by atoms with Gasteiger partial charge in [-0.25, -0.2) is 8.42 Å². The molecule has 0 aliphatic carbocycles. The van der Waals surface area contributed by atoms with Gasteiger partial charge in [0, 0.05) is 35.4 Å². The molecule has 126 valence electrons. The second kappa shape index (κ2) is 5.46. The highest BCUT2D eigenvalue weighted by Gasteiger charge is 2.31. The van der Waals surface area contributed by atoms with Gasteiger partial charge in [0.1, 0.15) is 4.90 Å². The molecular formula is C17H20N4O2S. The number of hydrogen-bond acceptors (Lipinski definition) is 3. The summed E-state index contributed by atoms with van der Waals surface area (Å²) in [5.41, 5.74) is 3.28. The van der Waals surface area contributed by atoms with Gasteiger partial charge in [-0.1, -0.05) is 18.2 Å². The van der Waals surface area contributed by atoms with Crippen LogP contribution < -0.4 is 0 Å². The molecule has 0 radical (unpaired) electrons. The number of fused-ring (bicyclic) bond motifs is 3. The minimum atomic E-state index is -3.52. The molecule has 7 heteroatoms. The molecule has 1 aliphatic rings. The van der Waals surface area contributed by atoms with E-state index in [1.807, 2.05) is 32.0 Å². The van der Waals surface area contributed by atoms with Crippen LogP contribution in [0.4, 0.5) is 0 Å². The average Bonchev–Trinajstić information content (AvgIpc) is 3.19. The Labute approximate surface area is 141 Å². The maximum atomic E-state index is 12.9. The number of aromatic nitrogens is 3. The minimum Gasteiger partial charge on any atom is -0.357 e. The van der Waals surface area contributed by atoms with Crippen molar-refractivity contribution in [3.05, 3.63) is 47.9 Å². The van der Waals surface area contributed by atoms with Crippen molar-refractivity contribution < 1.29 is 8.42 Å². The summed E-state index contributed by atoms with van der Waals surface area (Å²) in [5.74, 6) is 0. The van der Waals surface area contributed by atoms with Crippen molar-refractivity contribution in [2.24, 2.45) is 0 Å². The summed E-state index contributed by atoms with van der Waals surface area (Å²) in [6, 6.07) is 8.25. The Morgan fingerprint density at radius 2 is 2.04 bits per heavy atom. The monoisotopic (exact) mass is 344 g/mol. The van der Waals surface area contributed by atoms with Crippen LogP contribution in [0.5, 0.6) is 0 Å². The van der Waals surface area contributed by atoms with Gasteiger partial charge in [-0.3, -0.25) is 4.68 Å². The van der Waals surface area contributed by atoms with E-state index in [4.69, 9.17) is 0 Å². The van der Waals surface area contributed by atoms with Crippen molar-refractivity contribution in [1.82, 2.24) is 19.1 Å². The zero-order chi connectivity index (χ0) is 16.9. The number of aromatic amines is 1. The van der Waals surface area contributed by atoms with Gasteiger partial charge in [-0.05, 0) is 31.9 Å². The van der Waals surface area contributed by atoms with E-state index in [0.717, 1.165) is 17.6 Å². The van der Waals surface area contributed by atoms with E-state index < -0.39 is 10.0 Å². The van der Waals surface area contributed by atoms with E-state index in [9.17, 15) is 8.42 Å². The number of benzene rings is 1. The SMILES string of the molecule is CC(C)n1cc(S(=O)(=O)N2CCc3c([nH]c4ccccc34)C2)cn1. The van der Waals surface area contributed by atoms with Gasteiger partial charge < -0.3 is 4.98 Å². The Hall–Kier alpha value is -2.12. The van der Waals surface area contributed by atoms with Crippen LogP contribution in [0.25, 0.3) is 10.9 Å². The first-order valence-electron chi connectivity index (χ1n) is 8.09. The largest absolute Gasteiger partial charge is 0.357 e. The highest BCUT2D eigenvalue weighted by molar-refractivity contribution is 7.89. The van der Waals surface area contributed by atoms with Crippen LogP contribution in [-0.2, 0) is 23.0 Å². The zero-order valence-electron chi connectivity index (χ0n) is 13.7. The molecule has 3 aromatic rings. The number of nitrogens with one attached hydrogen (secondary N) is 1. The molecule has 0 fully saturated rings. The average molecular weight is 344 g/mol. The first kappa shape index (κ1) is 15.4. The van der Waals surface area contributed by atoms with Crippen molar-refractivity contribution in [3.8, 4) is 0 Å². The fourth-order valence-corrected chi connectivity index (χ4v) is 4.61. The molecule has 1 aliphatic heterocycles. The van der Waals surface area contributed by atoms with Crippen molar-refractivity contribution >= 4 is 20.9 Å². The normalized spacial score (nSPS) is 16.0. The highest BCUT2D eigenvalue weighted by Crippen LogP contribution is 2.30. The highest BCUT2D eigenvalue weighted by atomic mass is 32.2. The Morgan fingerprint density at radius 3 is 2.79 bits per heavy atom. The molecule has 0 unspecified atom stereocenters. The van der Waals surface area contributed by atoms with Gasteiger partial charge in [-0.2, -0.15) is 9.40 Å². The van der Waals surface area contributed by atoms with Crippen molar-refractivity contribution in [2.45, 2.75) is 37.8 Å². The van der Waals surface area contributed by atoms with Crippen LogP contribution in [0.15, 0.2) is 41.6 Å². The number of para-hydroxylation sites is 1. The smallest absolute Gasteiger partial charge is 0.246 e. The van der Waals surface area contributed by atoms with Gasteiger partial charge in [0.25, 0.3) is 0 Å². The van der Waals surface area contributed by atoms with Crippen molar-refractivity contribution in [3.63, 3.8) is 0 Å². The van der Waals surface area contributed by atoms with Crippen LogP contribution >= 0.6 is 0 Å². The van der Waals surface area contributed by atoms with Gasteiger partial charge in [0.15, 0.2) is 0 Å². The summed E-state index contributed by atoms with van der Waals surface area (Å²) in [6.07, 6.45) is 3.77. The van der Waals surface area contributed by atoms with Crippen LogP contribution in [0.3, 0.4) is 0 Å². The summed E-state index contributed by atoms with van der Waals surface area (Å²) < 4.78 is 29.0. The fraction of sp³-hybridized carbons (Fsp3) is 0.353. The molecule has 4 rings (SSSR count). The topological polar surface area (TPSA) is 71.0 Å². The van der Waals surface area contributed by atoms with Crippen molar-refractivity contribution in [1.29, 1.82) is 0 Å². The second-order valence-corrected chi connectivity index (χ2v) is 8.40. The van der Waals surface area contributed by atoms with Crippen molar-refractivity contribution in [2.75, 3.05) is 6.54 Å². The molecule has 1 N–H and O–H groups in total. The lowest BCUT2D eigenvalue weighted by molar-refractivity contribution is 0.388. The number of sulfonamides is 1. The maximum Gasteiger partial charge on any atom is 0.246 e. The molecule has 0 bridgehead atoms. The summed E-state index contributed by atoms with van der Waals surface area (Å²) in [7, 11) is -3.52. The molecule has 0 atom stereocenters. The molecule has 24 heavy (non-hydrogen) atoms. The Balaban J connectivity index is 1.68. The second-order valence-electron chi connectivity index (χ2n) is 6.47. The standard InChI is InChI=1S/C17H20N4O2S/c1-12(2)21-10-13(9-18-21)24(22,23)20-8-7-15-14-5-3-4-6-16(14)19-17(15)11-20/h3-6,9-10,12,19H,7-8,11H2,1-2H3. The Morgan fingerprint density at radius 1 is 1.25 bits per heavy atom. The molecule has 0 amide bonds.